The highest BCUT2D eigenvalue weighted by atomic mass is 35.5. The van der Waals surface area contributed by atoms with Crippen molar-refractivity contribution < 1.29 is 9.63 Å². The van der Waals surface area contributed by atoms with E-state index in [1.165, 1.54) is 0 Å². The molecule has 0 unspecified atom stereocenters. The summed E-state index contributed by atoms with van der Waals surface area (Å²) < 4.78 is 0. The molecule has 0 aromatic heterocycles. The van der Waals surface area contributed by atoms with E-state index in [4.69, 9.17) is 22.2 Å². The van der Waals surface area contributed by atoms with Gasteiger partial charge in [-0.05, 0) is 31.5 Å². The Kier molecular flexibility index (Phi) is 2.83. The predicted molar refractivity (Wildman–Crippen MR) is 66.0 cm³/mol. The molecule has 0 fully saturated rings. The van der Waals surface area contributed by atoms with Crippen molar-refractivity contribution in [1.29, 1.82) is 0 Å². The van der Waals surface area contributed by atoms with E-state index in [1.807, 2.05) is 26.0 Å². The van der Waals surface area contributed by atoms with Gasteiger partial charge in [-0.3, -0.25) is 4.79 Å². The maximum Gasteiger partial charge on any atom is 0.267 e. The average Bonchev–Trinajstić information content (AvgIpc) is 2.56. The second kappa shape index (κ2) is 4.04. The van der Waals surface area contributed by atoms with Crippen LogP contribution in [-0.4, -0.2) is 17.2 Å². The second-order valence-electron chi connectivity index (χ2n) is 4.52. The summed E-state index contributed by atoms with van der Waals surface area (Å²) in [4.78, 5) is 16.6. The van der Waals surface area contributed by atoms with Crippen LogP contribution in [-0.2, 0) is 9.63 Å². The zero-order valence-electron chi connectivity index (χ0n) is 9.61. The molecule has 1 aliphatic rings. The largest absolute Gasteiger partial charge is 0.388 e. The lowest BCUT2D eigenvalue weighted by molar-refractivity contribution is -0.112. The summed E-state index contributed by atoms with van der Waals surface area (Å²) in [6, 6.07) is 7.23. The van der Waals surface area contributed by atoms with E-state index in [0.717, 1.165) is 5.56 Å². The zero-order valence-corrected chi connectivity index (χ0v) is 10.4. The van der Waals surface area contributed by atoms with Crippen molar-refractivity contribution in [1.82, 2.24) is 0 Å². The number of rotatable bonds is 2. The molecule has 90 valence electrons. The van der Waals surface area contributed by atoms with Crippen LogP contribution in [0.1, 0.15) is 25.3 Å². The minimum atomic E-state index is -0.585. The third-order valence-electron chi connectivity index (χ3n) is 2.80. The van der Waals surface area contributed by atoms with Crippen LogP contribution in [0.4, 0.5) is 0 Å². The lowest BCUT2D eigenvalue weighted by Gasteiger charge is -2.24. The van der Waals surface area contributed by atoms with E-state index in [-0.39, 0.29) is 11.6 Å². The van der Waals surface area contributed by atoms with Crippen LogP contribution in [0.3, 0.4) is 0 Å². The number of primary amides is 1. The summed E-state index contributed by atoms with van der Waals surface area (Å²) in [5.74, 6) is -0.826. The van der Waals surface area contributed by atoms with E-state index < -0.39 is 11.5 Å². The van der Waals surface area contributed by atoms with Gasteiger partial charge in [-0.2, -0.15) is 0 Å². The van der Waals surface area contributed by atoms with Crippen molar-refractivity contribution in [3.63, 3.8) is 0 Å². The number of nitrogens with zero attached hydrogens (tertiary/aromatic N) is 1. The average molecular weight is 253 g/mol. The van der Waals surface area contributed by atoms with Gasteiger partial charge in [0.25, 0.3) is 5.91 Å². The highest BCUT2D eigenvalue weighted by Crippen LogP contribution is 2.37. The van der Waals surface area contributed by atoms with Gasteiger partial charge in [0.2, 0.25) is 0 Å². The first-order valence-corrected chi connectivity index (χ1v) is 5.61. The van der Waals surface area contributed by atoms with Crippen LogP contribution in [0.25, 0.3) is 0 Å². The Morgan fingerprint density at radius 1 is 1.41 bits per heavy atom. The standard InChI is InChI=1S/C12H13ClN2O2/c1-12(2)9(10(11(14)16)15-17-12)7-3-5-8(13)6-4-7/h3-6,9H,1-2H3,(H2,14,16)/t9-/m0/s1. The van der Waals surface area contributed by atoms with Crippen molar-refractivity contribution >= 4 is 23.2 Å². The van der Waals surface area contributed by atoms with Crippen molar-refractivity contribution in [2.24, 2.45) is 10.9 Å². The van der Waals surface area contributed by atoms with Gasteiger partial charge < -0.3 is 10.6 Å². The van der Waals surface area contributed by atoms with E-state index in [1.54, 1.807) is 12.1 Å². The number of carbonyl (C=O) groups excluding carboxylic acids is 1. The Bertz CT molecular complexity index is 480. The van der Waals surface area contributed by atoms with E-state index in [9.17, 15) is 4.79 Å². The Labute approximate surface area is 104 Å². The minimum absolute atomic E-state index is 0.248. The van der Waals surface area contributed by atoms with Crippen molar-refractivity contribution in [3.8, 4) is 0 Å². The van der Waals surface area contributed by atoms with Crippen molar-refractivity contribution in [3.05, 3.63) is 34.9 Å². The Morgan fingerprint density at radius 2 is 2.00 bits per heavy atom. The number of hydrogen-bond acceptors (Lipinski definition) is 3. The SMILES string of the molecule is CC1(C)ON=C(C(N)=O)[C@@H]1c1ccc(Cl)cc1. The molecule has 2 rings (SSSR count). The number of carbonyl (C=O) groups is 1. The topological polar surface area (TPSA) is 64.7 Å². The van der Waals surface area contributed by atoms with Crippen LogP contribution < -0.4 is 5.73 Å². The van der Waals surface area contributed by atoms with Gasteiger partial charge in [-0.25, -0.2) is 0 Å². The summed E-state index contributed by atoms with van der Waals surface area (Å²) in [6.45, 7) is 3.73. The second-order valence-corrected chi connectivity index (χ2v) is 4.96. The molecule has 0 bridgehead atoms. The van der Waals surface area contributed by atoms with Gasteiger partial charge in [-0.15, -0.1) is 0 Å². The molecule has 5 heteroatoms. The van der Waals surface area contributed by atoms with E-state index in [2.05, 4.69) is 5.16 Å². The fourth-order valence-electron chi connectivity index (χ4n) is 2.00. The highest BCUT2D eigenvalue weighted by Gasteiger charge is 2.44. The van der Waals surface area contributed by atoms with Crippen LogP contribution in [0.5, 0.6) is 0 Å². The third kappa shape index (κ3) is 2.13. The summed E-state index contributed by atoms with van der Waals surface area (Å²) >= 11 is 5.84. The maximum atomic E-state index is 11.3. The number of benzene rings is 1. The smallest absolute Gasteiger partial charge is 0.267 e. The molecule has 17 heavy (non-hydrogen) atoms. The molecule has 1 amide bonds. The maximum absolute atomic E-state index is 11.3. The Balaban J connectivity index is 2.43. The number of halogens is 1. The van der Waals surface area contributed by atoms with Gasteiger partial charge in [0.15, 0.2) is 5.71 Å². The number of hydrogen-bond donors (Lipinski definition) is 1. The molecule has 2 N–H and O–H groups in total. The van der Waals surface area contributed by atoms with Gasteiger partial charge in [0.05, 0.1) is 5.92 Å². The first-order valence-electron chi connectivity index (χ1n) is 5.23. The fraction of sp³-hybridized carbons (Fsp3) is 0.333. The molecule has 1 aromatic rings. The van der Waals surface area contributed by atoms with Gasteiger partial charge >= 0.3 is 0 Å². The predicted octanol–water partition coefficient (Wildman–Crippen LogP) is 2.07. The molecule has 1 aliphatic heterocycles. The molecule has 1 atom stereocenters. The zero-order chi connectivity index (χ0) is 12.6. The molecule has 0 saturated carbocycles. The quantitative estimate of drug-likeness (QED) is 0.876. The summed E-state index contributed by atoms with van der Waals surface area (Å²) in [5, 5.41) is 4.42. The summed E-state index contributed by atoms with van der Waals surface area (Å²) in [5.41, 5.74) is 5.87. The first-order chi connectivity index (χ1) is 7.92. The number of amides is 1. The summed E-state index contributed by atoms with van der Waals surface area (Å²) in [6.07, 6.45) is 0. The van der Waals surface area contributed by atoms with Crippen molar-refractivity contribution in [2.75, 3.05) is 0 Å². The van der Waals surface area contributed by atoms with Gasteiger partial charge in [-0.1, -0.05) is 28.9 Å². The molecule has 0 spiro atoms. The Morgan fingerprint density at radius 3 is 2.53 bits per heavy atom. The Hall–Kier alpha value is -1.55. The fourth-order valence-corrected chi connectivity index (χ4v) is 2.13. The van der Waals surface area contributed by atoms with E-state index >= 15 is 0 Å². The molecule has 0 saturated heterocycles. The number of nitrogens with two attached hydrogens (primary N) is 1. The minimum Gasteiger partial charge on any atom is -0.388 e. The molecular formula is C12H13ClN2O2. The van der Waals surface area contributed by atoms with E-state index in [0.29, 0.717) is 5.02 Å². The monoisotopic (exact) mass is 252 g/mol. The van der Waals surface area contributed by atoms with Gasteiger partial charge in [0.1, 0.15) is 5.60 Å². The van der Waals surface area contributed by atoms with Crippen LogP contribution in [0, 0.1) is 0 Å². The molecule has 4 nitrogen and oxygen atoms in total. The summed E-state index contributed by atoms with van der Waals surface area (Å²) in [7, 11) is 0. The molecule has 1 heterocycles. The lowest BCUT2D eigenvalue weighted by Crippen LogP contribution is -2.36. The van der Waals surface area contributed by atoms with Crippen LogP contribution in [0.2, 0.25) is 5.02 Å². The number of oxime groups is 1. The first kappa shape index (κ1) is 11.9. The molecule has 0 radical (unpaired) electrons. The van der Waals surface area contributed by atoms with Gasteiger partial charge in [0, 0.05) is 5.02 Å². The lowest BCUT2D eigenvalue weighted by atomic mass is 9.81. The highest BCUT2D eigenvalue weighted by molar-refractivity contribution is 6.41. The normalized spacial score (nSPS) is 21.8. The molecule has 0 aliphatic carbocycles. The third-order valence-corrected chi connectivity index (χ3v) is 3.06. The van der Waals surface area contributed by atoms with Crippen molar-refractivity contribution in [2.45, 2.75) is 25.4 Å². The van der Waals surface area contributed by atoms with Crippen LogP contribution in [0.15, 0.2) is 29.4 Å². The molecular weight excluding hydrogens is 240 g/mol. The molecule has 1 aromatic carbocycles. The van der Waals surface area contributed by atoms with Crippen LogP contribution >= 0.6 is 11.6 Å².